The fraction of sp³-hybridized carbons (Fsp3) is 0.231. The van der Waals surface area contributed by atoms with Crippen LogP contribution in [0, 0.1) is 10.1 Å². The summed E-state index contributed by atoms with van der Waals surface area (Å²) in [6, 6.07) is 6.41. The normalized spacial score (nSPS) is 10.4. The summed E-state index contributed by atoms with van der Waals surface area (Å²) in [5, 5.41) is 15.4. The van der Waals surface area contributed by atoms with Gasteiger partial charge in [0.05, 0.1) is 9.95 Å². The quantitative estimate of drug-likeness (QED) is 0.638. The van der Waals surface area contributed by atoms with Crippen molar-refractivity contribution in [1.29, 1.82) is 0 Å². The monoisotopic (exact) mass is 324 g/mol. The molecule has 0 aliphatic rings. The fourth-order valence-corrected chi connectivity index (χ4v) is 2.63. The number of halogens is 1. The summed E-state index contributed by atoms with van der Waals surface area (Å²) in [5.74, 6) is 0.594. The van der Waals surface area contributed by atoms with Crippen molar-refractivity contribution < 1.29 is 4.92 Å². The Morgan fingerprint density at radius 1 is 1.38 bits per heavy atom. The minimum absolute atomic E-state index is 0.0660. The van der Waals surface area contributed by atoms with Crippen molar-refractivity contribution in [3.8, 4) is 0 Å². The van der Waals surface area contributed by atoms with Gasteiger partial charge in [-0.1, -0.05) is 18.5 Å². The molecule has 6 nitrogen and oxygen atoms in total. The molecule has 8 heteroatoms. The fourth-order valence-electron chi connectivity index (χ4n) is 1.54. The van der Waals surface area contributed by atoms with Crippen LogP contribution in [-0.4, -0.2) is 21.4 Å². The van der Waals surface area contributed by atoms with Crippen LogP contribution in [0.1, 0.15) is 13.3 Å². The van der Waals surface area contributed by atoms with Gasteiger partial charge < -0.3 is 5.32 Å². The Balaban J connectivity index is 2.34. The Hall–Kier alpha value is -1.86. The topological polar surface area (TPSA) is 81.0 Å². The van der Waals surface area contributed by atoms with E-state index < -0.39 is 4.92 Å². The van der Waals surface area contributed by atoms with Crippen molar-refractivity contribution in [3.05, 3.63) is 45.6 Å². The third-order valence-electron chi connectivity index (χ3n) is 2.51. The van der Waals surface area contributed by atoms with Crippen molar-refractivity contribution in [3.63, 3.8) is 0 Å². The summed E-state index contributed by atoms with van der Waals surface area (Å²) in [7, 11) is 0. The highest BCUT2D eigenvalue weighted by molar-refractivity contribution is 7.99. The Labute approximate surface area is 131 Å². The molecule has 0 fully saturated rings. The first-order valence-electron chi connectivity index (χ1n) is 6.29. The van der Waals surface area contributed by atoms with Crippen LogP contribution < -0.4 is 5.32 Å². The zero-order valence-electron chi connectivity index (χ0n) is 11.2. The van der Waals surface area contributed by atoms with Crippen molar-refractivity contribution in [1.82, 2.24) is 9.97 Å². The number of pyridine rings is 2. The maximum atomic E-state index is 11.1. The predicted octanol–water partition coefficient (Wildman–Crippen LogP) is 4.01. The SMILES string of the molecule is CCCNc1ccc([N+](=O)[O-])c(Sc2ncccc2Cl)n1. The zero-order valence-corrected chi connectivity index (χ0v) is 12.8. The second-order valence-electron chi connectivity index (χ2n) is 4.10. The van der Waals surface area contributed by atoms with E-state index in [0.29, 0.717) is 15.9 Å². The zero-order chi connectivity index (χ0) is 15.2. The summed E-state index contributed by atoms with van der Waals surface area (Å²) < 4.78 is 0. The van der Waals surface area contributed by atoms with E-state index in [2.05, 4.69) is 15.3 Å². The van der Waals surface area contributed by atoms with Crippen LogP contribution in [0.2, 0.25) is 5.02 Å². The lowest BCUT2D eigenvalue weighted by atomic mass is 10.4. The van der Waals surface area contributed by atoms with Gasteiger partial charge in [-0.15, -0.1) is 0 Å². The van der Waals surface area contributed by atoms with E-state index in [1.807, 2.05) is 6.92 Å². The van der Waals surface area contributed by atoms with Gasteiger partial charge >= 0.3 is 5.69 Å². The highest BCUT2D eigenvalue weighted by Gasteiger charge is 2.19. The summed E-state index contributed by atoms with van der Waals surface area (Å²) >= 11 is 7.11. The first-order valence-corrected chi connectivity index (χ1v) is 7.49. The largest absolute Gasteiger partial charge is 0.370 e. The van der Waals surface area contributed by atoms with Crippen LogP contribution >= 0.6 is 23.4 Å². The van der Waals surface area contributed by atoms with E-state index in [0.717, 1.165) is 24.7 Å². The van der Waals surface area contributed by atoms with Crippen molar-refractivity contribution in [2.45, 2.75) is 23.4 Å². The van der Waals surface area contributed by atoms with Gasteiger partial charge in [-0.3, -0.25) is 10.1 Å². The van der Waals surface area contributed by atoms with E-state index in [4.69, 9.17) is 11.6 Å². The van der Waals surface area contributed by atoms with Gasteiger partial charge in [-0.2, -0.15) is 0 Å². The van der Waals surface area contributed by atoms with Gasteiger partial charge in [-0.05, 0) is 36.4 Å². The number of nitrogens with zero attached hydrogens (tertiary/aromatic N) is 3. The average molecular weight is 325 g/mol. The molecule has 2 aromatic rings. The van der Waals surface area contributed by atoms with Gasteiger partial charge in [0.2, 0.25) is 0 Å². The minimum Gasteiger partial charge on any atom is -0.370 e. The van der Waals surface area contributed by atoms with Crippen LogP contribution in [0.4, 0.5) is 11.5 Å². The lowest BCUT2D eigenvalue weighted by molar-refractivity contribution is -0.388. The summed E-state index contributed by atoms with van der Waals surface area (Å²) in [6.07, 6.45) is 2.52. The van der Waals surface area contributed by atoms with Crippen LogP contribution in [-0.2, 0) is 0 Å². The molecule has 2 aromatic heterocycles. The molecule has 0 atom stereocenters. The molecule has 1 N–H and O–H groups in total. The molecule has 0 aliphatic carbocycles. The van der Waals surface area contributed by atoms with Gasteiger partial charge in [0, 0.05) is 18.8 Å². The first kappa shape index (κ1) is 15.5. The van der Waals surface area contributed by atoms with Crippen LogP contribution in [0.3, 0.4) is 0 Å². The average Bonchev–Trinajstić information content (AvgIpc) is 2.47. The minimum atomic E-state index is -0.463. The molecule has 0 unspecified atom stereocenters. The molecular formula is C13H13ClN4O2S. The predicted molar refractivity (Wildman–Crippen MR) is 83.0 cm³/mol. The van der Waals surface area contributed by atoms with E-state index >= 15 is 0 Å². The molecule has 21 heavy (non-hydrogen) atoms. The second-order valence-corrected chi connectivity index (χ2v) is 5.48. The number of hydrogen-bond acceptors (Lipinski definition) is 6. The molecule has 0 spiro atoms. The molecule has 2 rings (SSSR count). The maximum absolute atomic E-state index is 11.1. The lowest BCUT2D eigenvalue weighted by Gasteiger charge is -2.07. The number of anilines is 1. The Kier molecular flexibility index (Phi) is 5.35. The molecule has 0 saturated carbocycles. The molecule has 0 radical (unpaired) electrons. The lowest BCUT2D eigenvalue weighted by Crippen LogP contribution is -2.03. The van der Waals surface area contributed by atoms with Crippen molar-refractivity contribution in [2.24, 2.45) is 0 Å². The third kappa shape index (κ3) is 4.05. The molecule has 110 valence electrons. The van der Waals surface area contributed by atoms with Crippen molar-refractivity contribution >= 4 is 34.9 Å². The molecule has 0 amide bonds. The number of aromatic nitrogens is 2. The summed E-state index contributed by atoms with van der Waals surface area (Å²) in [4.78, 5) is 19.0. The molecule has 2 heterocycles. The number of rotatable bonds is 6. The number of nitrogens with one attached hydrogen (secondary N) is 1. The Morgan fingerprint density at radius 3 is 2.86 bits per heavy atom. The molecule has 0 saturated heterocycles. The Morgan fingerprint density at radius 2 is 2.19 bits per heavy atom. The van der Waals surface area contributed by atoms with E-state index in [1.165, 1.54) is 6.07 Å². The molecule has 0 aliphatic heterocycles. The van der Waals surface area contributed by atoms with Gasteiger partial charge in [-0.25, -0.2) is 9.97 Å². The summed E-state index contributed by atoms with van der Waals surface area (Å²) in [6.45, 7) is 2.78. The summed E-state index contributed by atoms with van der Waals surface area (Å²) in [5.41, 5.74) is -0.0660. The van der Waals surface area contributed by atoms with E-state index in [1.54, 1.807) is 24.4 Å². The van der Waals surface area contributed by atoms with Crippen LogP contribution in [0.5, 0.6) is 0 Å². The third-order valence-corrected chi connectivity index (χ3v) is 3.94. The molecule has 0 aromatic carbocycles. The molecule has 0 bridgehead atoms. The highest BCUT2D eigenvalue weighted by Crippen LogP contribution is 2.36. The van der Waals surface area contributed by atoms with Crippen molar-refractivity contribution in [2.75, 3.05) is 11.9 Å². The van der Waals surface area contributed by atoms with Crippen LogP contribution in [0.15, 0.2) is 40.5 Å². The smallest absolute Gasteiger partial charge is 0.301 e. The highest BCUT2D eigenvalue weighted by atomic mass is 35.5. The number of hydrogen-bond donors (Lipinski definition) is 1. The van der Waals surface area contributed by atoms with E-state index in [9.17, 15) is 10.1 Å². The Bertz CT molecular complexity index is 654. The standard InChI is InChI=1S/C13H13ClN4O2S/c1-2-7-15-11-6-5-10(18(19)20)13(17-11)21-12-9(14)4-3-8-16-12/h3-6,8H,2,7H2,1H3,(H,15,17). The van der Waals surface area contributed by atoms with Gasteiger partial charge in [0.15, 0.2) is 5.03 Å². The van der Waals surface area contributed by atoms with E-state index in [-0.39, 0.29) is 10.7 Å². The first-order chi connectivity index (χ1) is 10.1. The van der Waals surface area contributed by atoms with Crippen LogP contribution in [0.25, 0.3) is 0 Å². The number of nitro groups is 1. The van der Waals surface area contributed by atoms with Gasteiger partial charge in [0.1, 0.15) is 10.8 Å². The molecular weight excluding hydrogens is 312 g/mol. The maximum Gasteiger partial charge on any atom is 0.301 e. The van der Waals surface area contributed by atoms with Gasteiger partial charge in [0.25, 0.3) is 0 Å². The second kappa shape index (κ2) is 7.24.